The number of carboxylic acid groups (broad SMARTS) is 1. The van der Waals surface area contributed by atoms with Gasteiger partial charge in [-0.05, 0) is 25.3 Å². The van der Waals surface area contributed by atoms with Crippen LogP contribution in [0.3, 0.4) is 0 Å². The number of hydrogen-bond acceptors (Lipinski definition) is 9. The second-order valence-corrected chi connectivity index (χ2v) is 13.1. The largest absolute Gasteiger partial charge is 0.481 e. The number of carbonyl (C=O) groups is 1. The van der Waals surface area contributed by atoms with Gasteiger partial charge >= 0.3 is 19.5 Å². The first-order valence-corrected chi connectivity index (χ1v) is 17.6. The maximum Gasteiger partial charge on any atom is 0.474 e. The molecule has 0 radical (unpaired) electrons. The summed E-state index contributed by atoms with van der Waals surface area (Å²) in [6.07, 6.45) is 8.02. The highest BCUT2D eigenvalue weighted by molar-refractivity contribution is 7.48. The molecule has 1 saturated heterocycles. The number of nitrogen functional groups attached to an aromatic ring is 1. The molecule has 0 aliphatic carbocycles. The van der Waals surface area contributed by atoms with Gasteiger partial charge < -0.3 is 15.6 Å². The van der Waals surface area contributed by atoms with E-state index < -0.39 is 56.2 Å². The fourth-order valence-electron chi connectivity index (χ4n) is 5.39. The highest BCUT2D eigenvalue weighted by atomic mass is 31.2. The van der Waals surface area contributed by atoms with E-state index in [1.807, 2.05) is 6.92 Å². The molecular formula is C30H52F2N3O8P. The van der Waals surface area contributed by atoms with Gasteiger partial charge in [0.2, 0.25) is 6.23 Å². The van der Waals surface area contributed by atoms with Crippen molar-refractivity contribution in [3.05, 3.63) is 22.7 Å². The lowest BCUT2D eigenvalue weighted by molar-refractivity contribution is -0.156. The fraction of sp³-hybridized carbons (Fsp3) is 0.833. The van der Waals surface area contributed by atoms with Crippen molar-refractivity contribution in [2.75, 3.05) is 25.6 Å². The van der Waals surface area contributed by atoms with Gasteiger partial charge in [-0.2, -0.15) is 4.98 Å². The van der Waals surface area contributed by atoms with E-state index in [2.05, 4.69) is 18.8 Å². The number of unbranched alkanes of at least 4 members (excludes halogenated alkanes) is 10. The predicted molar refractivity (Wildman–Crippen MR) is 164 cm³/mol. The Morgan fingerprint density at radius 1 is 1.00 bits per heavy atom. The van der Waals surface area contributed by atoms with Crippen LogP contribution >= 0.6 is 7.82 Å². The number of rotatable bonds is 24. The molecule has 1 aliphatic rings. The summed E-state index contributed by atoms with van der Waals surface area (Å²) < 4.78 is 69.0. The number of anilines is 1. The molecule has 254 valence electrons. The summed E-state index contributed by atoms with van der Waals surface area (Å²) in [6.45, 7) is 5.63. The monoisotopic (exact) mass is 651 g/mol. The second-order valence-electron chi connectivity index (χ2n) is 11.4. The number of nitrogens with zero attached hydrogens (tertiary/aromatic N) is 2. The molecule has 0 amide bonds. The minimum atomic E-state index is -4.20. The normalized spacial score (nSPS) is 20.6. The van der Waals surface area contributed by atoms with Gasteiger partial charge in [0, 0.05) is 6.20 Å². The first-order chi connectivity index (χ1) is 21.0. The molecular weight excluding hydrogens is 599 g/mol. The van der Waals surface area contributed by atoms with Crippen molar-refractivity contribution in [3.8, 4) is 0 Å². The highest BCUT2D eigenvalue weighted by Crippen LogP contribution is 2.54. The standard InChI is InChI=1S/C30H52F2N3O8P/c1-4-7-10-13-14-17-23(27(36)37)26-24(43-28(30(26,31)32)35-19-18-25(33)34-29(35)38)22-42-44(39,40-20-15-11-8-5-2)41-21-16-12-9-6-3/h18-19,23-24,26,28H,4-17,20-22H2,1-3H3,(H,36,37)(H2,33,34,38)/t23?,24?,26-,28-/m1/s1. The first-order valence-electron chi connectivity index (χ1n) is 16.1. The van der Waals surface area contributed by atoms with Crippen molar-refractivity contribution < 1.29 is 41.6 Å². The quantitative estimate of drug-likeness (QED) is 0.0857. The summed E-state index contributed by atoms with van der Waals surface area (Å²) in [5.74, 6) is -8.82. The minimum Gasteiger partial charge on any atom is -0.481 e. The smallest absolute Gasteiger partial charge is 0.474 e. The van der Waals surface area contributed by atoms with E-state index in [1.165, 1.54) is 6.07 Å². The van der Waals surface area contributed by atoms with E-state index in [-0.39, 0.29) is 25.5 Å². The average molecular weight is 652 g/mol. The van der Waals surface area contributed by atoms with E-state index in [0.29, 0.717) is 30.3 Å². The molecule has 0 aromatic carbocycles. The van der Waals surface area contributed by atoms with Crippen LogP contribution in [-0.4, -0.2) is 52.5 Å². The van der Waals surface area contributed by atoms with Gasteiger partial charge in [-0.25, -0.2) is 18.1 Å². The number of nitrogens with two attached hydrogens (primary N) is 1. The van der Waals surface area contributed by atoms with Crippen molar-refractivity contribution in [2.45, 2.75) is 129 Å². The van der Waals surface area contributed by atoms with Gasteiger partial charge in [0.1, 0.15) is 5.82 Å². The molecule has 1 aliphatic heterocycles. The molecule has 11 nitrogen and oxygen atoms in total. The molecule has 0 saturated carbocycles. The maximum atomic E-state index is 16.2. The van der Waals surface area contributed by atoms with Crippen LogP contribution in [0.5, 0.6) is 0 Å². The molecule has 2 unspecified atom stereocenters. The third-order valence-corrected chi connectivity index (χ3v) is 9.31. The Labute approximate surface area is 259 Å². The molecule has 2 rings (SSSR count). The second kappa shape index (κ2) is 19.6. The zero-order valence-corrected chi connectivity index (χ0v) is 27.4. The maximum absolute atomic E-state index is 16.2. The lowest BCUT2D eigenvalue weighted by atomic mass is 9.80. The third-order valence-electron chi connectivity index (χ3n) is 7.84. The topological polar surface area (TPSA) is 152 Å². The zero-order valence-electron chi connectivity index (χ0n) is 26.5. The van der Waals surface area contributed by atoms with Crippen LogP contribution in [0, 0.1) is 11.8 Å². The van der Waals surface area contributed by atoms with Gasteiger partial charge in [-0.3, -0.25) is 22.9 Å². The van der Waals surface area contributed by atoms with Gasteiger partial charge in [0.15, 0.2) is 0 Å². The first kappa shape index (κ1) is 38.3. The van der Waals surface area contributed by atoms with E-state index in [1.54, 1.807) is 0 Å². The molecule has 44 heavy (non-hydrogen) atoms. The zero-order chi connectivity index (χ0) is 32.6. The van der Waals surface area contributed by atoms with Crippen LogP contribution in [0.2, 0.25) is 0 Å². The van der Waals surface area contributed by atoms with E-state index in [4.69, 9.17) is 24.0 Å². The lowest BCUT2D eigenvalue weighted by Crippen LogP contribution is -2.44. The Balaban J connectivity index is 2.33. The Morgan fingerprint density at radius 3 is 2.07 bits per heavy atom. The Kier molecular flexibility index (Phi) is 17.0. The number of aromatic nitrogens is 2. The number of phosphoric acid groups is 1. The van der Waals surface area contributed by atoms with Crippen molar-refractivity contribution in [3.63, 3.8) is 0 Å². The molecule has 1 aromatic heterocycles. The average Bonchev–Trinajstić information content (AvgIpc) is 3.23. The van der Waals surface area contributed by atoms with Gasteiger partial charge in [-0.1, -0.05) is 91.4 Å². The molecule has 0 spiro atoms. The summed E-state index contributed by atoms with van der Waals surface area (Å²) in [5.41, 5.74) is 4.47. The molecule has 1 aromatic rings. The molecule has 0 bridgehead atoms. The van der Waals surface area contributed by atoms with E-state index >= 15 is 8.78 Å². The third kappa shape index (κ3) is 11.8. The number of carboxylic acids is 1. The van der Waals surface area contributed by atoms with E-state index in [0.717, 1.165) is 64.0 Å². The molecule has 2 heterocycles. The fourth-order valence-corrected chi connectivity index (χ4v) is 6.65. The number of halogens is 2. The van der Waals surface area contributed by atoms with Crippen molar-refractivity contribution in [2.24, 2.45) is 11.8 Å². The van der Waals surface area contributed by atoms with Crippen LogP contribution < -0.4 is 11.4 Å². The Hall–Kier alpha value is -1.92. The van der Waals surface area contributed by atoms with Crippen molar-refractivity contribution >= 4 is 19.6 Å². The molecule has 4 atom stereocenters. The number of hydrogen-bond donors (Lipinski definition) is 2. The van der Waals surface area contributed by atoms with Gasteiger partial charge in [0.05, 0.1) is 37.8 Å². The molecule has 1 fully saturated rings. The SMILES string of the molecule is CCCCCCCC(C(=O)O)[C@@H]1C(COP(=O)(OCCCCCC)OCCCCCC)O[C@@H](n2ccc(N)nc2=O)C1(F)F. The van der Waals surface area contributed by atoms with Gasteiger partial charge in [-0.15, -0.1) is 0 Å². The number of aliphatic carboxylic acids is 1. The van der Waals surface area contributed by atoms with Crippen molar-refractivity contribution in [1.29, 1.82) is 0 Å². The molecule has 3 N–H and O–H groups in total. The highest BCUT2D eigenvalue weighted by Gasteiger charge is 2.63. The van der Waals surface area contributed by atoms with Gasteiger partial charge in [0.25, 0.3) is 5.92 Å². The van der Waals surface area contributed by atoms with E-state index in [9.17, 15) is 19.3 Å². The van der Waals surface area contributed by atoms with Crippen LogP contribution in [-0.2, 0) is 27.7 Å². The predicted octanol–water partition coefficient (Wildman–Crippen LogP) is 7.35. The summed E-state index contributed by atoms with van der Waals surface area (Å²) in [7, 11) is -4.20. The summed E-state index contributed by atoms with van der Waals surface area (Å²) >= 11 is 0. The van der Waals surface area contributed by atoms with Crippen molar-refractivity contribution in [1.82, 2.24) is 9.55 Å². The molecule has 14 heteroatoms. The Bertz CT molecular complexity index is 1070. The summed E-state index contributed by atoms with van der Waals surface area (Å²) in [5, 5.41) is 10.1. The Morgan fingerprint density at radius 2 is 1.55 bits per heavy atom. The lowest BCUT2D eigenvalue weighted by Gasteiger charge is -2.29. The number of phosphoric ester groups is 1. The van der Waals surface area contributed by atoms with Crippen LogP contribution in [0.15, 0.2) is 17.1 Å². The summed E-state index contributed by atoms with van der Waals surface area (Å²) in [4.78, 5) is 28.5. The number of ether oxygens (including phenoxy) is 1. The minimum absolute atomic E-state index is 0.0275. The number of alkyl halides is 2. The van der Waals surface area contributed by atoms with Crippen LogP contribution in [0.1, 0.15) is 117 Å². The van der Waals surface area contributed by atoms with Crippen LogP contribution in [0.4, 0.5) is 14.6 Å². The summed E-state index contributed by atoms with van der Waals surface area (Å²) in [6, 6.07) is 1.18. The van der Waals surface area contributed by atoms with Crippen LogP contribution in [0.25, 0.3) is 0 Å².